The maximum atomic E-state index is 11.3. The van der Waals surface area contributed by atoms with Gasteiger partial charge in [-0.25, -0.2) is 4.79 Å². The van der Waals surface area contributed by atoms with E-state index in [4.69, 9.17) is 10.2 Å². The van der Waals surface area contributed by atoms with Crippen molar-refractivity contribution in [3.05, 3.63) is 0 Å². The summed E-state index contributed by atoms with van der Waals surface area (Å²) < 4.78 is 0. The molecule has 0 unspecified atom stereocenters. The summed E-state index contributed by atoms with van der Waals surface area (Å²) in [5, 5.41) is 17.7. The Morgan fingerprint density at radius 1 is 1.42 bits per heavy atom. The molecule has 0 aromatic rings. The number of aliphatic hydroxyl groups is 2. The predicted octanol–water partition coefficient (Wildman–Crippen LogP) is -0.598. The molecule has 1 aliphatic rings. The van der Waals surface area contributed by atoms with E-state index < -0.39 is 5.54 Å². The zero-order valence-electron chi connectivity index (χ0n) is 7.32. The third-order valence-corrected chi connectivity index (χ3v) is 2.12. The smallest absolute Gasteiger partial charge is 0.324 e. The highest BCUT2D eigenvalue weighted by Crippen LogP contribution is 2.24. The molecule has 0 bridgehead atoms. The molecule has 1 fully saturated rings. The number of nitrogens with zero attached hydrogens (tertiary/aromatic N) is 2. The van der Waals surface area contributed by atoms with Crippen molar-refractivity contribution in [1.29, 1.82) is 0 Å². The van der Waals surface area contributed by atoms with Crippen LogP contribution in [0.2, 0.25) is 0 Å². The first kappa shape index (κ1) is 9.28. The van der Waals surface area contributed by atoms with Crippen LogP contribution in [0.4, 0.5) is 4.79 Å². The van der Waals surface area contributed by atoms with Crippen LogP contribution in [0.1, 0.15) is 13.8 Å². The minimum Gasteiger partial charge on any atom is -0.376 e. The number of hydrogen-bond donors (Lipinski definition) is 2. The molecule has 0 spiro atoms. The molecule has 0 aromatic carbocycles. The zero-order valence-corrected chi connectivity index (χ0v) is 7.32. The highest BCUT2D eigenvalue weighted by Gasteiger charge is 2.42. The highest BCUT2D eigenvalue weighted by atomic mass is 16.3. The second-order valence-electron chi connectivity index (χ2n) is 3.50. The van der Waals surface area contributed by atoms with Crippen LogP contribution in [-0.2, 0) is 0 Å². The number of aliphatic hydroxyl groups excluding tert-OH is 2. The molecule has 70 valence electrons. The van der Waals surface area contributed by atoms with Crippen molar-refractivity contribution in [2.24, 2.45) is 0 Å². The van der Waals surface area contributed by atoms with Crippen LogP contribution >= 0.6 is 0 Å². The van der Waals surface area contributed by atoms with Gasteiger partial charge in [0.15, 0.2) is 0 Å². The molecule has 0 aliphatic carbocycles. The van der Waals surface area contributed by atoms with E-state index in [1.165, 1.54) is 9.80 Å². The molecule has 2 amide bonds. The number of urea groups is 1. The van der Waals surface area contributed by atoms with Gasteiger partial charge in [-0.2, -0.15) is 0 Å². The standard InChI is InChI=1S/C7H14N2O3/c1-7(2)3-8(4-10)6(12)9(7)5-11/h10-11H,3-5H2,1-2H3. The van der Waals surface area contributed by atoms with E-state index in [2.05, 4.69) is 0 Å². The topological polar surface area (TPSA) is 64.0 Å². The van der Waals surface area contributed by atoms with Crippen LogP contribution in [0.5, 0.6) is 0 Å². The van der Waals surface area contributed by atoms with Crippen molar-refractivity contribution in [3.63, 3.8) is 0 Å². The lowest BCUT2D eigenvalue weighted by atomic mass is 10.1. The van der Waals surface area contributed by atoms with Crippen molar-refractivity contribution < 1.29 is 15.0 Å². The van der Waals surface area contributed by atoms with Gasteiger partial charge in [0.05, 0.1) is 5.54 Å². The summed E-state index contributed by atoms with van der Waals surface area (Å²) in [5.74, 6) is 0. The van der Waals surface area contributed by atoms with Crippen LogP contribution < -0.4 is 0 Å². The molecule has 0 saturated carbocycles. The Bertz CT molecular complexity index is 193. The second-order valence-corrected chi connectivity index (χ2v) is 3.50. The number of amides is 2. The van der Waals surface area contributed by atoms with Gasteiger partial charge in [0.25, 0.3) is 0 Å². The summed E-state index contributed by atoms with van der Waals surface area (Å²) in [5.41, 5.74) is -0.394. The average molecular weight is 174 g/mol. The molecule has 0 radical (unpaired) electrons. The normalized spacial score (nSPS) is 22.2. The zero-order chi connectivity index (χ0) is 9.35. The molecule has 1 aliphatic heterocycles. The Labute approximate surface area is 71.2 Å². The van der Waals surface area contributed by atoms with E-state index >= 15 is 0 Å². The van der Waals surface area contributed by atoms with E-state index in [1.807, 2.05) is 13.8 Å². The van der Waals surface area contributed by atoms with Gasteiger partial charge in [0, 0.05) is 6.54 Å². The van der Waals surface area contributed by atoms with Gasteiger partial charge in [-0.3, -0.25) is 9.80 Å². The Hall–Kier alpha value is -0.810. The van der Waals surface area contributed by atoms with Gasteiger partial charge >= 0.3 is 6.03 Å². The molecule has 5 heteroatoms. The maximum absolute atomic E-state index is 11.3. The van der Waals surface area contributed by atoms with Crippen molar-refractivity contribution in [1.82, 2.24) is 9.80 Å². The van der Waals surface area contributed by atoms with Gasteiger partial charge in [0.2, 0.25) is 0 Å². The lowest BCUT2D eigenvalue weighted by molar-refractivity contribution is 0.0833. The summed E-state index contributed by atoms with van der Waals surface area (Å²) >= 11 is 0. The summed E-state index contributed by atoms with van der Waals surface area (Å²) in [6.07, 6.45) is 0. The van der Waals surface area contributed by atoms with Crippen molar-refractivity contribution in [2.75, 3.05) is 20.0 Å². The van der Waals surface area contributed by atoms with Crippen LogP contribution in [0.25, 0.3) is 0 Å². The molecule has 5 nitrogen and oxygen atoms in total. The molecule has 1 heterocycles. The predicted molar refractivity (Wildman–Crippen MR) is 42.2 cm³/mol. The minimum atomic E-state index is -0.394. The molecule has 0 aromatic heterocycles. The number of rotatable bonds is 2. The van der Waals surface area contributed by atoms with Crippen molar-refractivity contribution in [3.8, 4) is 0 Å². The van der Waals surface area contributed by atoms with Crippen LogP contribution in [0, 0.1) is 0 Å². The quantitative estimate of drug-likeness (QED) is 0.587. The molecular formula is C7H14N2O3. The van der Waals surface area contributed by atoms with Crippen molar-refractivity contribution in [2.45, 2.75) is 19.4 Å². The van der Waals surface area contributed by atoms with Gasteiger partial charge in [-0.1, -0.05) is 0 Å². The Balaban J connectivity index is 2.80. The number of carbonyl (C=O) groups is 1. The van der Waals surface area contributed by atoms with Gasteiger partial charge in [0.1, 0.15) is 13.5 Å². The first-order valence-corrected chi connectivity index (χ1v) is 3.81. The Morgan fingerprint density at radius 2 is 2.00 bits per heavy atom. The molecular weight excluding hydrogens is 160 g/mol. The fourth-order valence-corrected chi connectivity index (χ4v) is 1.41. The maximum Gasteiger partial charge on any atom is 0.324 e. The fourth-order valence-electron chi connectivity index (χ4n) is 1.41. The van der Waals surface area contributed by atoms with Crippen LogP contribution in [0.3, 0.4) is 0 Å². The van der Waals surface area contributed by atoms with Crippen LogP contribution in [0.15, 0.2) is 0 Å². The van der Waals surface area contributed by atoms with Gasteiger partial charge in [-0.05, 0) is 13.8 Å². The molecule has 1 saturated heterocycles. The van der Waals surface area contributed by atoms with Gasteiger partial charge in [-0.15, -0.1) is 0 Å². The summed E-state index contributed by atoms with van der Waals surface area (Å²) in [4.78, 5) is 13.9. The lowest BCUT2D eigenvalue weighted by Gasteiger charge is -2.26. The van der Waals surface area contributed by atoms with E-state index in [1.54, 1.807) is 0 Å². The van der Waals surface area contributed by atoms with E-state index in [0.717, 1.165) is 0 Å². The minimum absolute atomic E-state index is 0.293. The van der Waals surface area contributed by atoms with Gasteiger partial charge < -0.3 is 10.2 Å². The Morgan fingerprint density at radius 3 is 2.25 bits per heavy atom. The van der Waals surface area contributed by atoms with Crippen molar-refractivity contribution >= 4 is 6.03 Å². The lowest BCUT2D eigenvalue weighted by Crippen LogP contribution is -2.42. The largest absolute Gasteiger partial charge is 0.376 e. The summed E-state index contributed by atoms with van der Waals surface area (Å²) in [7, 11) is 0. The second kappa shape index (κ2) is 2.91. The first-order valence-electron chi connectivity index (χ1n) is 3.81. The van der Waals surface area contributed by atoms with E-state index in [-0.39, 0.29) is 19.5 Å². The number of carbonyl (C=O) groups excluding carboxylic acids is 1. The third kappa shape index (κ3) is 1.25. The highest BCUT2D eigenvalue weighted by molar-refractivity contribution is 5.77. The van der Waals surface area contributed by atoms with Crippen LogP contribution in [-0.4, -0.2) is 51.6 Å². The SMILES string of the molecule is CC1(C)CN(CO)C(=O)N1CO. The summed E-state index contributed by atoms with van der Waals surface area (Å²) in [6.45, 7) is 3.54. The Kier molecular flexibility index (Phi) is 2.25. The first-order chi connectivity index (χ1) is 5.53. The van der Waals surface area contributed by atoms with E-state index in [9.17, 15) is 4.79 Å². The van der Waals surface area contributed by atoms with E-state index in [0.29, 0.717) is 6.54 Å². The molecule has 12 heavy (non-hydrogen) atoms. The fraction of sp³-hybridized carbons (Fsp3) is 0.857. The summed E-state index contributed by atoms with van der Waals surface area (Å²) in [6, 6.07) is -0.315. The average Bonchev–Trinajstić information content (AvgIpc) is 2.21. The molecule has 2 N–H and O–H groups in total. The number of hydrogen-bond acceptors (Lipinski definition) is 3. The monoisotopic (exact) mass is 174 g/mol. The molecule has 1 rings (SSSR count). The molecule has 0 atom stereocenters. The third-order valence-electron chi connectivity index (χ3n) is 2.12.